The topological polar surface area (TPSA) is 50.9 Å². The van der Waals surface area contributed by atoms with Gasteiger partial charge in [0, 0.05) is 35.3 Å². The molecule has 3 nitrogen and oxygen atoms in total. The van der Waals surface area contributed by atoms with Crippen LogP contribution in [0.1, 0.15) is 29.0 Å². The first-order valence-electron chi connectivity index (χ1n) is 6.11. The third-order valence-electron chi connectivity index (χ3n) is 2.98. The van der Waals surface area contributed by atoms with E-state index in [-0.39, 0.29) is 0 Å². The fourth-order valence-corrected chi connectivity index (χ4v) is 2.81. The van der Waals surface area contributed by atoms with Crippen molar-refractivity contribution in [3.8, 4) is 0 Å². The molecule has 0 bridgehead atoms. The Morgan fingerprint density at radius 3 is 2.89 bits per heavy atom. The molecular formula is C14H17N3S2. The minimum atomic E-state index is 0.399. The fraction of sp³-hybridized carbons (Fsp3) is 0.286. The number of nitrogens with one attached hydrogen (secondary N) is 1. The van der Waals surface area contributed by atoms with Crippen molar-refractivity contribution in [1.82, 2.24) is 4.98 Å². The van der Waals surface area contributed by atoms with Crippen molar-refractivity contribution in [2.45, 2.75) is 19.8 Å². The lowest BCUT2D eigenvalue weighted by atomic mass is 10.1. The molecule has 0 radical (unpaired) electrons. The maximum atomic E-state index is 5.66. The van der Waals surface area contributed by atoms with Gasteiger partial charge in [0.1, 0.15) is 4.99 Å². The Morgan fingerprint density at radius 1 is 1.53 bits per heavy atom. The Bertz CT molecular complexity index is 564. The van der Waals surface area contributed by atoms with E-state index in [1.807, 2.05) is 30.6 Å². The average molecular weight is 291 g/mol. The first kappa shape index (κ1) is 14.0. The maximum Gasteiger partial charge on any atom is 0.104 e. The van der Waals surface area contributed by atoms with Gasteiger partial charge in [-0.1, -0.05) is 19.1 Å². The zero-order valence-electron chi connectivity index (χ0n) is 11.0. The lowest BCUT2D eigenvalue weighted by Gasteiger charge is -2.13. The van der Waals surface area contributed by atoms with Gasteiger partial charge in [-0.25, -0.2) is 4.98 Å². The molecule has 0 aliphatic rings. The second-order valence-corrected chi connectivity index (χ2v) is 5.91. The molecule has 0 saturated carbocycles. The summed E-state index contributed by atoms with van der Waals surface area (Å²) in [6, 6.07) is 6.05. The minimum Gasteiger partial charge on any atom is -0.389 e. The van der Waals surface area contributed by atoms with Crippen LogP contribution in [0.2, 0.25) is 0 Å². The first-order chi connectivity index (χ1) is 9.08. The van der Waals surface area contributed by atoms with Crippen LogP contribution >= 0.6 is 23.6 Å². The minimum absolute atomic E-state index is 0.399. The molecule has 1 unspecified atom stereocenters. The summed E-state index contributed by atoms with van der Waals surface area (Å²) in [6.45, 7) is 5.05. The van der Waals surface area contributed by atoms with E-state index < -0.39 is 0 Å². The Labute approximate surface area is 122 Å². The molecule has 0 aliphatic carbocycles. The van der Waals surface area contributed by atoms with Gasteiger partial charge in [0.2, 0.25) is 0 Å². The Balaban J connectivity index is 2.00. The molecule has 1 aromatic carbocycles. The second-order valence-electron chi connectivity index (χ2n) is 4.55. The average Bonchev–Trinajstić information content (AvgIpc) is 2.89. The van der Waals surface area contributed by atoms with Crippen molar-refractivity contribution in [2.75, 3.05) is 11.9 Å². The standard InChI is InChI=1S/C14H17N3S2/c1-9-7-11(3-4-12(9)13(15)18)17-8-10(2)14-16-5-6-19-14/h3-7,10,17H,8H2,1-2H3,(H2,15,18). The number of hydrogen-bond donors (Lipinski definition) is 2. The summed E-state index contributed by atoms with van der Waals surface area (Å²) in [7, 11) is 0. The predicted octanol–water partition coefficient (Wildman–Crippen LogP) is 3.30. The van der Waals surface area contributed by atoms with Gasteiger partial charge in [-0.15, -0.1) is 11.3 Å². The van der Waals surface area contributed by atoms with Gasteiger partial charge in [-0.3, -0.25) is 0 Å². The van der Waals surface area contributed by atoms with Crippen molar-refractivity contribution >= 4 is 34.2 Å². The van der Waals surface area contributed by atoms with Crippen LogP contribution in [0.3, 0.4) is 0 Å². The quantitative estimate of drug-likeness (QED) is 0.830. The van der Waals surface area contributed by atoms with Crippen LogP contribution in [0.4, 0.5) is 5.69 Å². The van der Waals surface area contributed by atoms with E-state index in [1.54, 1.807) is 11.3 Å². The number of hydrogen-bond acceptors (Lipinski definition) is 4. The van der Waals surface area contributed by atoms with Gasteiger partial charge < -0.3 is 11.1 Å². The molecule has 100 valence electrons. The SMILES string of the molecule is Cc1cc(NCC(C)c2nccs2)ccc1C(N)=S. The number of aryl methyl sites for hydroxylation is 1. The molecule has 1 atom stereocenters. The predicted molar refractivity (Wildman–Crippen MR) is 86.1 cm³/mol. The Hall–Kier alpha value is -1.46. The number of anilines is 1. The molecule has 2 rings (SSSR count). The summed E-state index contributed by atoms with van der Waals surface area (Å²) < 4.78 is 0. The van der Waals surface area contributed by atoms with E-state index in [2.05, 4.69) is 23.3 Å². The third kappa shape index (κ3) is 3.52. The van der Waals surface area contributed by atoms with Crippen LogP contribution in [-0.2, 0) is 0 Å². The van der Waals surface area contributed by atoms with Crippen LogP contribution in [0.25, 0.3) is 0 Å². The molecule has 19 heavy (non-hydrogen) atoms. The van der Waals surface area contributed by atoms with Gasteiger partial charge in [0.15, 0.2) is 0 Å². The molecule has 3 N–H and O–H groups in total. The van der Waals surface area contributed by atoms with Gasteiger partial charge in [-0.2, -0.15) is 0 Å². The maximum absolute atomic E-state index is 5.66. The zero-order valence-corrected chi connectivity index (χ0v) is 12.6. The monoisotopic (exact) mass is 291 g/mol. The van der Waals surface area contributed by atoms with E-state index in [0.717, 1.165) is 28.4 Å². The molecule has 1 aromatic heterocycles. The fourth-order valence-electron chi connectivity index (χ4n) is 1.89. The highest BCUT2D eigenvalue weighted by atomic mass is 32.1. The molecular weight excluding hydrogens is 274 g/mol. The van der Waals surface area contributed by atoms with E-state index >= 15 is 0 Å². The summed E-state index contributed by atoms with van der Waals surface area (Å²) in [6.07, 6.45) is 1.84. The number of rotatable bonds is 5. The van der Waals surface area contributed by atoms with Crippen molar-refractivity contribution < 1.29 is 0 Å². The summed E-state index contributed by atoms with van der Waals surface area (Å²) in [5.41, 5.74) is 8.77. The highest BCUT2D eigenvalue weighted by Crippen LogP contribution is 2.20. The summed E-state index contributed by atoms with van der Waals surface area (Å²) >= 11 is 6.69. The van der Waals surface area contributed by atoms with Gasteiger partial charge >= 0.3 is 0 Å². The highest BCUT2D eigenvalue weighted by molar-refractivity contribution is 7.80. The number of benzene rings is 1. The van der Waals surface area contributed by atoms with Gasteiger partial charge in [0.25, 0.3) is 0 Å². The van der Waals surface area contributed by atoms with Crippen molar-refractivity contribution in [1.29, 1.82) is 0 Å². The van der Waals surface area contributed by atoms with Crippen molar-refractivity contribution in [3.05, 3.63) is 45.9 Å². The van der Waals surface area contributed by atoms with Gasteiger partial charge in [-0.05, 0) is 30.7 Å². The van der Waals surface area contributed by atoms with E-state index in [1.165, 1.54) is 0 Å². The van der Waals surface area contributed by atoms with Crippen LogP contribution in [0, 0.1) is 6.92 Å². The lowest BCUT2D eigenvalue weighted by molar-refractivity contribution is 0.795. The smallest absolute Gasteiger partial charge is 0.104 e. The third-order valence-corrected chi connectivity index (χ3v) is 4.20. The van der Waals surface area contributed by atoms with Crippen LogP contribution in [0.5, 0.6) is 0 Å². The number of nitrogens with zero attached hydrogens (tertiary/aromatic N) is 1. The molecule has 0 amide bonds. The summed E-state index contributed by atoms with van der Waals surface area (Å²) in [4.78, 5) is 4.77. The van der Waals surface area contributed by atoms with Crippen LogP contribution in [-0.4, -0.2) is 16.5 Å². The lowest BCUT2D eigenvalue weighted by Crippen LogP contribution is -2.13. The Morgan fingerprint density at radius 2 is 2.32 bits per heavy atom. The number of thiocarbonyl (C=S) groups is 1. The first-order valence-corrected chi connectivity index (χ1v) is 7.40. The number of nitrogens with two attached hydrogens (primary N) is 1. The normalized spacial score (nSPS) is 12.1. The number of thiazole rings is 1. The number of aromatic nitrogens is 1. The van der Waals surface area contributed by atoms with E-state index in [9.17, 15) is 0 Å². The molecule has 2 aromatic rings. The van der Waals surface area contributed by atoms with E-state index in [0.29, 0.717) is 10.9 Å². The molecule has 1 heterocycles. The molecule has 5 heteroatoms. The van der Waals surface area contributed by atoms with Crippen LogP contribution < -0.4 is 11.1 Å². The van der Waals surface area contributed by atoms with Crippen LogP contribution in [0.15, 0.2) is 29.8 Å². The molecule has 0 aliphatic heterocycles. The highest BCUT2D eigenvalue weighted by Gasteiger charge is 2.08. The van der Waals surface area contributed by atoms with Crippen molar-refractivity contribution in [2.24, 2.45) is 5.73 Å². The van der Waals surface area contributed by atoms with Gasteiger partial charge in [0.05, 0.1) is 5.01 Å². The Kier molecular flexibility index (Phi) is 4.50. The largest absolute Gasteiger partial charge is 0.389 e. The van der Waals surface area contributed by atoms with E-state index in [4.69, 9.17) is 18.0 Å². The second kappa shape index (κ2) is 6.12. The van der Waals surface area contributed by atoms with Crippen molar-refractivity contribution in [3.63, 3.8) is 0 Å². The summed E-state index contributed by atoms with van der Waals surface area (Å²) in [5.74, 6) is 0.399. The zero-order chi connectivity index (χ0) is 13.8. The molecule has 0 spiro atoms. The molecule has 0 fully saturated rings. The molecule has 0 saturated heterocycles. The summed E-state index contributed by atoms with van der Waals surface area (Å²) in [5, 5.41) is 6.59.